The van der Waals surface area contributed by atoms with Crippen molar-refractivity contribution in [3.05, 3.63) is 64.2 Å². The van der Waals surface area contributed by atoms with E-state index in [1.807, 2.05) is 6.92 Å². The molecule has 2 unspecified atom stereocenters. The Morgan fingerprint density at radius 2 is 1.63 bits per heavy atom. The molecule has 3 rings (SSSR count). The van der Waals surface area contributed by atoms with E-state index in [1.54, 1.807) is 6.92 Å². The number of aryl methyl sites for hydroxylation is 2. The molecule has 0 heterocycles. The summed E-state index contributed by atoms with van der Waals surface area (Å²) in [5, 5.41) is 19.9. The van der Waals surface area contributed by atoms with Gasteiger partial charge < -0.3 is 19.7 Å². The fourth-order valence-electron chi connectivity index (χ4n) is 4.98. The SMILES string of the molecule is CCC(COc1ccc(C(CC)(CC)c2ccc(C#CC3(O)CCC3)c(C)c2)cc1C)OC(C)O. The van der Waals surface area contributed by atoms with Gasteiger partial charge in [-0.25, -0.2) is 0 Å². The zero-order chi connectivity index (χ0) is 25.6. The van der Waals surface area contributed by atoms with E-state index in [0.29, 0.717) is 6.61 Å². The van der Waals surface area contributed by atoms with E-state index in [0.717, 1.165) is 61.0 Å². The average molecular weight is 479 g/mol. The van der Waals surface area contributed by atoms with Gasteiger partial charge in [0.05, 0.1) is 6.10 Å². The van der Waals surface area contributed by atoms with Crippen LogP contribution in [0.1, 0.15) is 94.0 Å². The highest BCUT2D eigenvalue weighted by Crippen LogP contribution is 2.41. The van der Waals surface area contributed by atoms with Crippen molar-refractivity contribution < 1.29 is 19.7 Å². The minimum Gasteiger partial charge on any atom is -0.491 e. The maximum atomic E-state index is 10.3. The van der Waals surface area contributed by atoms with Crippen molar-refractivity contribution in [3.8, 4) is 17.6 Å². The molecule has 1 fully saturated rings. The van der Waals surface area contributed by atoms with E-state index in [1.165, 1.54) is 11.1 Å². The summed E-state index contributed by atoms with van der Waals surface area (Å²) < 4.78 is 11.6. The summed E-state index contributed by atoms with van der Waals surface area (Å²) in [6.45, 7) is 12.7. The van der Waals surface area contributed by atoms with E-state index < -0.39 is 11.9 Å². The lowest BCUT2D eigenvalue weighted by Gasteiger charge is -2.34. The van der Waals surface area contributed by atoms with Crippen LogP contribution in [0.2, 0.25) is 0 Å². The highest BCUT2D eigenvalue weighted by atomic mass is 16.6. The third kappa shape index (κ3) is 6.28. The molecule has 35 heavy (non-hydrogen) atoms. The molecule has 0 radical (unpaired) electrons. The summed E-state index contributed by atoms with van der Waals surface area (Å²) in [6, 6.07) is 13.1. The third-order valence-corrected chi connectivity index (χ3v) is 7.59. The first-order chi connectivity index (χ1) is 16.7. The first-order valence-electron chi connectivity index (χ1n) is 13.1. The third-order valence-electron chi connectivity index (χ3n) is 7.59. The number of ether oxygens (including phenoxy) is 2. The van der Waals surface area contributed by atoms with Crippen LogP contribution in [0.4, 0.5) is 0 Å². The standard InChI is InChI=1S/C31H42O4/c1-7-28(35-24(6)32)21-34-29-14-13-27(20-23(29)5)31(8-2,9-3)26-12-11-25(22(4)19-26)15-18-30(33)16-10-17-30/h11-14,19-20,24,28,32-33H,7-10,16-17,21H2,1-6H3. The molecule has 2 atom stereocenters. The maximum absolute atomic E-state index is 10.3. The first kappa shape index (κ1) is 27.3. The number of hydrogen-bond donors (Lipinski definition) is 2. The lowest BCUT2D eigenvalue weighted by molar-refractivity contribution is -0.133. The molecule has 1 aliphatic carbocycles. The Bertz CT molecular complexity index is 1050. The summed E-state index contributed by atoms with van der Waals surface area (Å²) in [5.41, 5.74) is 4.90. The van der Waals surface area contributed by atoms with Crippen LogP contribution < -0.4 is 4.74 Å². The Balaban J connectivity index is 1.85. The van der Waals surface area contributed by atoms with Crippen molar-refractivity contribution in [2.45, 2.75) is 103 Å². The molecular formula is C31H42O4. The van der Waals surface area contributed by atoms with Crippen molar-refractivity contribution in [1.29, 1.82) is 0 Å². The summed E-state index contributed by atoms with van der Waals surface area (Å²) in [5.74, 6) is 7.16. The van der Waals surface area contributed by atoms with Gasteiger partial charge in [0.1, 0.15) is 18.0 Å². The molecule has 0 aromatic heterocycles. The molecule has 0 aliphatic heterocycles. The van der Waals surface area contributed by atoms with Gasteiger partial charge in [-0.15, -0.1) is 0 Å². The van der Waals surface area contributed by atoms with Crippen LogP contribution in [-0.2, 0) is 10.2 Å². The van der Waals surface area contributed by atoms with Gasteiger partial charge in [0.2, 0.25) is 0 Å². The lowest BCUT2D eigenvalue weighted by Crippen LogP contribution is -2.34. The van der Waals surface area contributed by atoms with Gasteiger partial charge in [0, 0.05) is 11.0 Å². The van der Waals surface area contributed by atoms with Gasteiger partial charge in [-0.3, -0.25) is 0 Å². The minimum atomic E-state index is -0.800. The van der Waals surface area contributed by atoms with Crippen molar-refractivity contribution in [2.24, 2.45) is 0 Å². The first-order valence-corrected chi connectivity index (χ1v) is 13.1. The number of aliphatic hydroxyl groups excluding tert-OH is 1. The normalized spacial score (nSPS) is 16.6. The predicted octanol–water partition coefficient (Wildman–Crippen LogP) is 6.19. The summed E-state index contributed by atoms with van der Waals surface area (Å²) in [4.78, 5) is 0. The molecular weight excluding hydrogens is 436 g/mol. The van der Waals surface area contributed by atoms with Gasteiger partial charge in [-0.05, 0) is 93.7 Å². The van der Waals surface area contributed by atoms with Crippen LogP contribution in [0.25, 0.3) is 0 Å². The van der Waals surface area contributed by atoms with Crippen LogP contribution in [-0.4, -0.2) is 34.8 Å². The van der Waals surface area contributed by atoms with E-state index in [4.69, 9.17) is 9.47 Å². The molecule has 4 nitrogen and oxygen atoms in total. The van der Waals surface area contributed by atoms with Crippen molar-refractivity contribution >= 4 is 0 Å². The average Bonchev–Trinajstić information content (AvgIpc) is 2.81. The van der Waals surface area contributed by atoms with Crippen LogP contribution in [0.5, 0.6) is 5.75 Å². The fourth-order valence-corrected chi connectivity index (χ4v) is 4.98. The van der Waals surface area contributed by atoms with E-state index in [9.17, 15) is 10.2 Å². The second-order valence-electron chi connectivity index (χ2n) is 10.0. The second kappa shape index (κ2) is 11.6. The van der Waals surface area contributed by atoms with Crippen LogP contribution in [0.3, 0.4) is 0 Å². The maximum Gasteiger partial charge on any atom is 0.152 e. The molecule has 1 aliphatic rings. The fraction of sp³-hybridized carbons (Fsp3) is 0.548. The Morgan fingerprint density at radius 1 is 1.00 bits per heavy atom. The number of aliphatic hydroxyl groups is 2. The topological polar surface area (TPSA) is 58.9 Å². The second-order valence-corrected chi connectivity index (χ2v) is 10.0. The monoisotopic (exact) mass is 478 g/mol. The van der Waals surface area contributed by atoms with Gasteiger partial charge in [-0.2, -0.15) is 0 Å². The molecule has 190 valence electrons. The van der Waals surface area contributed by atoms with Crippen LogP contribution in [0.15, 0.2) is 36.4 Å². The van der Waals surface area contributed by atoms with Crippen molar-refractivity contribution in [3.63, 3.8) is 0 Å². The van der Waals surface area contributed by atoms with E-state index in [2.05, 4.69) is 75.9 Å². The number of rotatable bonds is 10. The largest absolute Gasteiger partial charge is 0.491 e. The van der Waals surface area contributed by atoms with E-state index >= 15 is 0 Å². The molecule has 4 heteroatoms. The Labute approximate surface area is 211 Å². The molecule has 2 N–H and O–H groups in total. The zero-order valence-corrected chi connectivity index (χ0v) is 22.3. The highest BCUT2D eigenvalue weighted by Gasteiger charge is 2.33. The van der Waals surface area contributed by atoms with Crippen LogP contribution in [0, 0.1) is 25.7 Å². The molecule has 2 aromatic rings. The molecule has 0 spiro atoms. The summed E-state index contributed by atoms with van der Waals surface area (Å²) >= 11 is 0. The molecule has 1 saturated carbocycles. The molecule has 0 bridgehead atoms. The molecule has 2 aromatic carbocycles. The van der Waals surface area contributed by atoms with Gasteiger partial charge in [0.15, 0.2) is 6.29 Å². The van der Waals surface area contributed by atoms with Gasteiger partial charge in [0.25, 0.3) is 0 Å². The zero-order valence-electron chi connectivity index (χ0n) is 22.3. The summed E-state index contributed by atoms with van der Waals surface area (Å²) in [6.07, 6.45) is 4.39. The highest BCUT2D eigenvalue weighted by molar-refractivity contribution is 5.50. The van der Waals surface area contributed by atoms with Crippen molar-refractivity contribution in [2.75, 3.05) is 6.61 Å². The number of benzene rings is 2. The van der Waals surface area contributed by atoms with Gasteiger partial charge >= 0.3 is 0 Å². The lowest BCUT2D eigenvalue weighted by atomic mass is 9.70. The predicted molar refractivity (Wildman–Crippen MR) is 142 cm³/mol. The Hall–Kier alpha value is -2.32. The summed E-state index contributed by atoms with van der Waals surface area (Å²) in [7, 11) is 0. The molecule has 0 amide bonds. The smallest absolute Gasteiger partial charge is 0.152 e. The Kier molecular flexibility index (Phi) is 9.05. The molecule has 0 saturated heterocycles. The van der Waals surface area contributed by atoms with E-state index in [-0.39, 0.29) is 11.5 Å². The quantitative estimate of drug-likeness (QED) is 0.316. The number of hydrogen-bond acceptors (Lipinski definition) is 4. The minimum absolute atomic E-state index is 0.104. The van der Waals surface area contributed by atoms with Crippen molar-refractivity contribution in [1.82, 2.24) is 0 Å². The Morgan fingerprint density at radius 3 is 2.11 bits per heavy atom. The van der Waals surface area contributed by atoms with Crippen LogP contribution >= 0.6 is 0 Å². The van der Waals surface area contributed by atoms with Gasteiger partial charge in [-0.1, -0.05) is 56.9 Å².